The number of esters is 1. The molecule has 0 aliphatic carbocycles. The van der Waals surface area contributed by atoms with Gasteiger partial charge in [-0.25, -0.2) is 4.79 Å². The van der Waals surface area contributed by atoms with Crippen LogP contribution in [0.25, 0.3) is 11.5 Å². The fourth-order valence-electron chi connectivity index (χ4n) is 2.11. The third kappa shape index (κ3) is 3.23. The van der Waals surface area contributed by atoms with Gasteiger partial charge in [-0.2, -0.15) is 0 Å². The standard InChI is InChI=1S/C16H14N2O5/c1-9-6-13(10(2)22-9)15-18-17-14(23-15)8-21-16(20)11-4-3-5-12(19)7-11/h3-7,19H,8H2,1-2H3. The number of aryl methyl sites for hydroxylation is 2. The third-order valence-corrected chi connectivity index (χ3v) is 3.15. The summed E-state index contributed by atoms with van der Waals surface area (Å²) in [6.07, 6.45) is 0. The van der Waals surface area contributed by atoms with Gasteiger partial charge in [-0.3, -0.25) is 0 Å². The largest absolute Gasteiger partial charge is 0.508 e. The third-order valence-electron chi connectivity index (χ3n) is 3.15. The number of carbonyl (C=O) groups is 1. The zero-order chi connectivity index (χ0) is 16.4. The second-order valence-corrected chi connectivity index (χ2v) is 4.95. The van der Waals surface area contributed by atoms with E-state index in [1.54, 1.807) is 25.1 Å². The lowest BCUT2D eigenvalue weighted by atomic mass is 10.2. The topological polar surface area (TPSA) is 98.6 Å². The highest BCUT2D eigenvalue weighted by Crippen LogP contribution is 2.25. The number of hydrogen-bond acceptors (Lipinski definition) is 7. The van der Waals surface area contributed by atoms with Crippen molar-refractivity contribution in [2.45, 2.75) is 20.5 Å². The van der Waals surface area contributed by atoms with Gasteiger partial charge in [-0.1, -0.05) is 6.07 Å². The summed E-state index contributed by atoms with van der Waals surface area (Å²) in [5.74, 6) is 1.30. The summed E-state index contributed by atoms with van der Waals surface area (Å²) in [6, 6.07) is 7.68. The molecule has 7 heteroatoms. The first-order chi connectivity index (χ1) is 11.0. The number of ether oxygens (including phenoxy) is 1. The van der Waals surface area contributed by atoms with Gasteiger partial charge in [-0.15, -0.1) is 10.2 Å². The Bertz CT molecular complexity index is 850. The van der Waals surface area contributed by atoms with E-state index in [9.17, 15) is 9.90 Å². The summed E-state index contributed by atoms with van der Waals surface area (Å²) in [6.45, 7) is 3.47. The Balaban J connectivity index is 1.68. The summed E-state index contributed by atoms with van der Waals surface area (Å²) >= 11 is 0. The number of phenols is 1. The maximum atomic E-state index is 11.9. The van der Waals surface area contributed by atoms with Gasteiger partial charge in [0.25, 0.3) is 11.8 Å². The molecular formula is C16H14N2O5. The first-order valence-electron chi connectivity index (χ1n) is 6.89. The van der Waals surface area contributed by atoms with Crippen LogP contribution in [0.2, 0.25) is 0 Å². The van der Waals surface area contributed by atoms with Crippen molar-refractivity contribution in [2.24, 2.45) is 0 Å². The molecule has 2 heterocycles. The van der Waals surface area contributed by atoms with Gasteiger partial charge in [0.1, 0.15) is 17.3 Å². The van der Waals surface area contributed by atoms with Crippen LogP contribution in [0.3, 0.4) is 0 Å². The average molecular weight is 314 g/mol. The molecule has 118 valence electrons. The smallest absolute Gasteiger partial charge is 0.338 e. The molecule has 0 aliphatic heterocycles. The lowest BCUT2D eigenvalue weighted by Crippen LogP contribution is -2.05. The number of nitrogens with zero attached hydrogens (tertiary/aromatic N) is 2. The highest BCUT2D eigenvalue weighted by atomic mass is 16.5. The number of aromatic hydroxyl groups is 1. The first-order valence-corrected chi connectivity index (χ1v) is 6.89. The molecule has 0 bridgehead atoms. The number of furan rings is 1. The highest BCUT2D eigenvalue weighted by molar-refractivity contribution is 5.89. The van der Waals surface area contributed by atoms with Crippen molar-refractivity contribution < 1.29 is 23.5 Å². The normalized spacial score (nSPS) is 10.7. The Kier molecular flexibility index (Phi) is 3.84. The summed E-state index contributed by atoms with van der Waals surface area (Å²) in [5, 5.41) is 17.1. The minimum absolute atomic E-state index is 0.00895. The van der Waals surface area contributed by atoms with Crippen LogP contribution in [0, 0.1) is 13.8 Å². The quantitative estimate of drug-likeness (QED) is 0.739. The summed E-state index contributed by atoms with van der Waals surface area (Å²) in [4.78, 5) is 11.9. The van der Waals surface area contributed by atoms with Crippen LogP contribution in [0.5, 0.6) is 5.75 Å². The van der Waals surface area contributed by atoms with E-state index >= 15 is 0 Å². The summed E-state index contributed by atoms with van der Waals surface area (Å²) < 4.78 is 16.0. The molecular weight excluding hydrogens is 300 g/mol. The van der Waals surface area contributed by atoms with Crippen molar-refractivity contribution in [1.82, 2.24) is 10.2 Å². The zero-order valence-electron chi connectivity index (χ0n) is 12.6. The average Bonchev–Trinajstić information content (AvgIpc) is 3.11. The van der Waals surface area contributed by atoms with Crippen LogP contribution in [0.15, 0.2) is 39.2 Å². The van der Waals surface area contributed by atoms with Gasteiger partial charge < -0.3 is 18.7 Å². The molecule has 7 nitrogen and oxygen atoms in total. The highest BCUT2D eigenvalue weighted by Gasteiger charge is 2.16. The molecule has 0 unspecified atom stereocenters. The van der Waals surface area contributed by atoms with Gasteiger partial charge in [0.05, 0.1) is 11.1 Å². The minimum Gasteiger partial charge on any atom is -0.508 e. The molecule has 1 aromatic carbocycles. The first kappa shape index (κ1) is 14.8. The van der Waals surface area contributed by atoms with E-state index in [1.165, 1.54) is 12.1 Å². The Morgan fingerprint density at radius 2 is 2.04 bits per heavy atom. The molecule has 0 amide bonds. The van der Waals surface area contributed by atoms with Gasteiger partial charge in [-0.05, 0) is 38.1 Å². The zero-order valence-corrected chi connectivity index (χ0v) is 12.6. The molecule has 0 saturated heterocycles. The number of carbonyl (C=O) groups excluding carboxylic acids is 1. The Labute approximate surface area is 131 Å². The van der Waals surface area contributed by atoms with Gasteiger partial charge in [0, 0.05) is 0 Å². The molecule has 3 rings (SSSR count). The molecule has 2 aromatic heterocycles. The number of rotatable bonds is 4. The maximum Gasteiger partial charge on any atom is 0.338 e. The molecule has 1 N–H and O–H groups in total. The Hall–Kier alpha value is -3.09. The number of hydrogen-bond donors (Lipinski definition) is 1. The second-order valence-electron chi connectivity index (χ2n) is 4.95. The van der Waals surface area contributed by atoms with Gasteiger partial charge in [0.15, 0.2) is 6.61 Å². The van der Waals surface area contributed by atoms with Crippen LogP contribution in [-0.2, 0) is 11.3 Å². The van der Waals surface area contributed by atoms with Crippen LogP contribution >= 0.6 is 0 Å². The lowest BCUT2D eigenvalue weighted by molar-refractivity contribution is 0.0438. The van der Waals surface area contributed by atoms with E-state index < -0.39 is 5.97 Å². The van der Waals surface area contributed by atoms with E-state index in [-0.39, 0.29) is 23.8 Å². The SMILES string of the molecule is Cc1cc(-c2nnc(COC(=O)c3cccc(O)c3)o2)c(C)o1. The van der Waals surface area contributed by atoms with E-state index in [0.717, 1.165) is 5.76 Å². The predicted molar refractivity (Wildman–Crippen MR) is 78.7 cm³/mol. The molecule has 3 aromatic rings. The van der Waals surface area contributed by atoms with Crippen molar-refractivity contribution in [3.8, 4) is 17.2 Å². The van der Waals surface area contributed by atoms with E-state index in [2.05, 4.69) is 10.2 Å². The summed E-state index contributed by atoms with van der Waals surface area (Å²) in [5.41, 5.74) is 0.951. The van der Waals surface area contributed by atoms with Crippen molar-refractivity contribution in [3.63, 3.8) is 0 Å². The van der Waals surface area contributed by atoms with Crippen LogP contribution in [0.4, 0.5) is 0 Å². The Morgan fingerprint density at radius 1 is 1.22 bits per heavy atom. The second kappa shape index (κ2) is 5.96. The molecule has 0 spiro atoms. The van der Waals surface area contributed by atoms with Crippen molar-refractivity contribution in [3.05, 3.63) is 53.3 Å². The van der Waals surface area contributed by atoms with E-state index in [0.29, 0.717) is 17.2 Å². The number of aromatic nitrogens is 2. The minimum atomic E-state index is -0.587. The molecule has 0 fully saturated rings. The van der Waals surface area contributed by atoms with Crippen LogP contribution < -0.4 is 0 Å². The van der Waals surface area contributed by atoms with E-state index in [4.69, 9.17) is 13.6 Å². The van der Waals surface area contributed by atoms with Crippen molar-refractivity contribution >= 4 is 5.97 Å². The van der Waals surface area contributed by atoms with Gasteiger partial charge in [0.2, 0.25) is 0 Å². The monoisotopic (exact) mass is 314 g/mol. The fraction of sp³-hybridized carbons (Fsp3) is 0.188. The maximum absolute atomic E-state index is 11.9. The molecule has 0 aliphatic rings. The fourth-order valence-corrected chi connectivity index (χ4v) is 2.11. The van der Waals surface area contributed by atoms with E-state index in [1.807, 2.05) is 6.92 Å². The van der Waals surface area contributed by atoms with Crippen LogP contribution in [0.1, 0.15) is 27.8 Å². The Morgan fingerprint density at radius 3 is 2.74 bits per heavy atom. The number of benzene rings is 1. The molecule has 0 saturated carbocycles. The molecule has 0 radical (unpaired) electrons. The van der Waals surface area contributed by atoms with Crippen molar-refractivity contribution in [2.75, 3.05) is 0 Å². The van der Waals surface area contributed by atoms with Gasteiger partial charge >= 0.3 is 5.97 Å². The number of phenolic OH excluding ortho intramolecular Hbond substituents is 1. The lowest BCUT2D eigenvalue weighted by Gasteiger charge is -2.02. The molecule has 23 heavy (non-hydrogen) atoms. The predicted octanol–water partition coefficient (Wildman–Crippen LogP) is 3.01. The van der Waals surface area contributed by atoms with Crippen molar-refractivity contribution in [1.29, 1.82) is 0 Å². The van der Waals surface area contributed by atoms with Crippen LogP contribution in [-0.4, -0.2) is 21.3 Å². The molecule has 0 atom stereocenters. The summed E-state index contributed by atoms with van der Waals surface area (Å²) in [7, 11) is 0.